The maximum Gasteiger partial charge on any atom is 0.355 e. The molecule has 0 fully saturated rings. The van der Waals surface area contributed by atoms with Gasteiger partial charge in [-0.15, -0.1) is 0 Å². The topological polar surface area (TPSA) is 26.3 Å². The lowest BCUT2D eigenvalue weighted by Crippen LogP contribution is -2.37. The second-order valence-electron chi connectivity index (χ2n) is 4.38. The van der Waals surface area contributed by atoms with Gasteiger partial charge in [-0.1, -0.05) is 30.0 Å². The van der Waals surface area contributed by atoms with Crippen molar-refractivity contribution in [3.8, 4) is 0 Å². The Bertz CT molecular complexity index is 452. The molecule has 118 valence electrons. The molecule has 0 saturated carbocycles. The molecule has 1 aromatic rings. The second-order valence-corrected chi connectivity index (χ2v) is 5.31. The molecule has 0 atom stereocenters. The van der Waals surface area contributed by atoms with E-state index in [9.17, 15) is 22.4 Å². The summed E-state index contributed by atoms with van der Waals surface area (Å²) in [5, 5.41) is -4.08. The number of thioether (sulfide) groups is 1. The fourth-order valence-corrected chi connectivity index (χ4v) is 1.97. The van der Waals surface area contributed by atoms with Gasteiger partial charge in [0.05, 0.1) is 12.2 Å². The first-order chi connectivity index (χ1) is 9.80. The Labute approximate surface area is 124 Å². The van der Waals surface area contributed by atoms with E-state index in [1.165, 1.54) is 0 Å². The van der Waals surface area contributed by atoms with E-state index in [1.807, 2.05) is 0 Å². The average Bonchev–Trinajstić information content (AvgIpc) is 2.47. The zero-order chi connectivity index (χ0) is 15.9. The molecule has 0 aromatic heterocycles. The fourth-order valence-electron chi connectivity index (χ4n) is 1.57. The Balaban J connectivity index is 2.28. The van der Waals surface area contributed by atoms with Crippen LogP contribution in [0, 0.1) is 0 Å². The van der Waals surface area contributed by atoms with Gasteiger partial charge in [0.1, 0.15) is 0 Å². The van der Waals surface area contributed by atoms with Gasteiger partial charge in [0, 0.05) is 6.42 Å². The van der Waals surface area contributed by atoms with Gasteiger partial charge in [-0.3, -0.25) is 0 Å². The zero-order valence-electron chi connectivity index (χ0n) is 11.5. The summed E-state index contributed by atoms with van der Waals surface area (Å²) in [6.45, 7) is -0.0748. The Morgan fingerprint density at radius 1 is 1.14 bits per heavy atom. The molecule has 0 N–H and O–H groups in total. The summed E-state index contributed by atoms with van der Waals surface area (Å²) in [7, 11) is 0. The molecular formula is C14H16F4O2S. The maximum atomic E-state index is 13.2. The van der Waals surface area contributed by atoms with Crippen molar-refractivity contribution in [1.82, 2.24) is 0 Å². The van der Waals surface area contributed by atoms with Crippen molar-refractivity contribution >= 4 is 17.7 Å². The van der Waals surface area contributed by atoms with Crippen LogP contribution < -0.4 is 0 Å². The molecule has 0 unspecified atom stereocenters. The van der Waals surface area contributed by atoms with Crippen molar-refractivity contribution in [2.24, 2.45) is 0 Å². The number of halogens is 4. The standard InChI is InChI=1S/C14H16F4O2S/c1-21-14(17,18)13(15,16)9-5-6-10-20-12(19)11-7-3-2-4-8-11/h2-4,7-8H,5-6,9-10H2,1H3. The van der Waals surface area contributed by atoms with Crippen LogP contribution in [-0.2, 0) is 4.74 Å². The molecule has 0 radical (unpaired) electrons. The number of carbonyl (C=O) groups excluding carboxylic acids is 1. The first-order valence-electron chi connectivity index (χ1n) is 6.33. The largest absolute Gasteiger partial charge is 0.462 e. The SMILES string of the molecule is CSC(F)(F)C(F)(F)CCCCOC(=O)c1ccccc1. The number of rotatable bonds is 8. The zero-order valence-corrected chi connectivity index (χ0v) is 12.3. The quantitative estimate of drug-likeness (QED) is 0.397. The van der Waals surface area contributed by atoms with Crippen molar-refractivity contribution in [2.45, 2.75) is 30.4 Å². The second kappa shape index (κ2) is 7.68. The minimum Gasteiger partial charge on any atom is -0.462 e. The van der Waals surface area contributed by atoms with E-state index in [-0.39, 0.29) is 31.2 Å². The normalized spacial score (nSPS) is 12.2. The van der Waals surface area contributed by atoms with Gasteiger partial charge >= 0.3 is 17.1 Å². The molecule has 0 bridgehead atoms. The molecule has 21 heavy (non-hydrogen) atoms. The van der Waals surface area contributed by atoms with Crippen LogP contribution in [0.25, 0.3) is 0 Å². The first kappa shape index (κ1) is 17.8. The number of carbonyl (C=O) groups is 1. The van der Waals surface area contributed by atoms with Crippen molar-refractivity contribution in [3.63, 3.8) is 0 Å². The van der Waals surface area contributed by atoms with E-state index < -0.39 is 23.6 Å². The predicted molar refractivity (Wildman–Crippen MR) is 74.0 cm³/mol. The summed E-state index contributed by atoms with van der Waals surface area (Å²) >= 11 is -0.169. The van der Waals surface area contributed by atoms with Crippen LogP contribution in [0.1, 0.15) is 29.6 Å². The van der Waals surface area contributed by atoms with Gasteiger partial charge in [0.15, 0.2) is 0 Å². The fraction of sp³-hybridized carbons (Fsp3) is 0.500. The summed E-state index contributed by atoms with van der Waals surface area (Å²) in [5.41, 5.74) is 0.358. The molecule has 0 spiro atoms. The van der Waals surface area contributed by atoms with Gasteiger partial charge in [-0.05, 0) is 31.2 Å². The highest BCUT2D eigenvalue weighted by atomic mass is 32.2. The number of benzene rings is 1. The molecule has 0 aliphatic carbocycles. The van der Waals surface area contributed by atoms with Crippen LogP contribution in [0.4, 0.5) is 17.6 Å². The Morgan fingerprint density at radius 2 is 1.76 bits per heavy atom. The Kier molecular flexibility index (Phi) is 6.51. The smallest absolute Gasteiger partial charge is 0.355 e. The van der Waals surface area contributed by atoms with Crippen molar-refractivity contribution in [3.05, 3.63) is 35.9 Å². The van der Waals surface area contributed by atoms with E-state index in [2.05, 4.69) is 0 Å². The molecule has 2 nitrogen and oxygen atoms in total. The van der Waals surface area contributed by atoms with Gasteiger partial charge in [0.2, 0.25) is 0 Å². The highest BCUT2D eigenvalue weighted by Crippen LogP contribution is 2.44. The van der Waals surface area contributed by atoms with Gasteiger partial charge in [-0.25, -0.2) is 4.79 Å². The van der Waals surface area contributed by atoms with E-state index in [1.54, 1.807) is 30.3 Å². The number of esters is 1. The summed E-state index contributed by atoms with van der Waals surface area (Å²) < 4.78 is 57.1. The summed E-state index contributed by atoms with van der Waals surface area (Å²) in [6, 6.07) is 8.21. The van der Waals surface area contributed by atoms with Gasteiger partial charge in [0.25, 0.3) is 0 Å². The molecule has 1 aromatic carbocycles. The van der Waals surface area contributed by atoms with Crippen molar-refractivity contribution in [1.29, 1.82) is 0 Å². The van der Waals surface area contributed by atoms with Crippen LogP contribution in [0.2, 0.25) is 0 Å². The van der Waals surface area contributed by atoms with Crippen molar-refractivity contribution in [2.75, 3.05) is 12.9 Å². The third-order valence-electron chi connectivity index (χ3n) is 2.81. The third-order valence-corrected chi connectivity index (χ3v) is 3.62. The molecule has 0 saturated heterocycles. The van der Waals surface area contributed by atoms with E-state index in [0.29, 0.717) is 5.56 Å². The van der Waals surface area contributed by atoms with Gasteiger partial charge < -0.3 is 4.74 Å². The lowest BCUT2D eigenvalue weighted by atomic mass is 10.1. The molecule has 1 rings (SSSR count). The lowest BCUT2D eigenvalue weighted by molar-refractivity contribution is -0.156. The first-order valence-corrected chi connectivity index (χ1v) is 7.55. The summed E-state index contributed by atoms with van der Waals surface area (Å²) in [6.07, 6.45) is -0.0386. The molecule has 7 heteroatoms. The summed E-state index contributed by atoms with van der Waals surface area (Å²) in [5.74, 6) is -4.62. The average molecular weight is 324 g/mol. The lowest BCUT2D eigenvalue weighted by Gasteiger charge is -2.24. The molecular weight excluding hydrogens is 308 g/mol. The molecule has 0 amide bonds. The number of alkyl halides is 4. The van der Waals surface area contributed by atoms with Crippen LogP contribution in [0.5, 0.6) is 0 Å². The van der Waals surface area contributed by atoms with Crippen molar-refractivity contribution < 1.29 is 27.1 Å². The summed E-state index contributed by atoms with van der Waals surface area (Å²) in [4.78, 5) is 11.5. The Morgan fingerprint density at radius 3 is 2.33 bits per heavy atom. The van der Waals surface area contributed by atoms with Crippen LogP contribution >= 0.6 is 11.8 Å². The number of hydrogen-bond donors (Lipinski definition) is 0. The minimum atomic E-state index is -4.08. The number of ether oxygens (including phenoxy) is 1. The molecule has 0 aliphatic rings. The third kappa shape index (κ3) is 5.22. The Hall–Kier alpha value is -1.24. The highest BCUT2D eigenvalue weighted by molar-refractivity contribution is 7.99. The maximum absolute atomic E-state index is 13.2. The monoisotopic (exact) mass is 324 g/mol. The van der Waals surface area contributed by atoms with Crippen LogP contribution in [0.3, 0.4) is 0 Å². The van der Waals surface area contributed by atoms with E-state index in [4.69, 9.17) is 4.74 Å². The molecule has 0 heterocycles. The predicted octanol–water partition coefficient (Wildman–Crippen LogP) is 4.60. The number of unbranched alkanes of at least 4 members (excludes halogenated alkanes) is 1. The van der Waals surface area contributed by atoms with Crippen LogP contribution in [0.15, 0.2) is 30.3 Å². The van der Waals surface area contributed by atoms with E-state index >= 15 is 0 Å². The van der Waals surface area contributed by atoms with Crippen LogP contribution in [-0.4, -0.2) is 30.0 Å². The number of hydrogen-bond acceptors (Lipinski definition) is 3. The highest BCUT2D eigenvalue weighted by Gasteiger charge is 2.54. The van der Waals surface area contributed by atoms with Gasteiger partial charge in [-0.2, -0.15) is 17.6 Å². The van der Waals surface area contributed by atoms with E-state index in [0.717, 1.165) is 6.26 Å². The minimum absolute atomic E-state index is 0.0748. The molecule has 0 aliphatic heterocycles.